The number of hydrogen-bond acceptors (Lipinski definition) is 3. The summed E-state index contributed by atoms with van der Waals surface area (Å²) in [5, 5.41) is 2.63. The summed E-state index contributed by atoms with van der Waals surface area (Å²) in [7, 11) is 0. The molecule has 0 spiro atoms. The van der Waals surface area contributed by atoms with Gasteiger partial charge in [0.05, 0.1) is 0 Å². The van der Waals surface area contributed by atoms with Crippen molar-refractivity contribution in [3.8, 4) is 0 Å². The zero-order valence-corrected chi connectivity index (χ0v) is 15.5. The second-order valence-electron chi connectivity index (χ2n) is 6.59. The largest absolute Gasteiger partial charge is 0.459 e. The van der Waals surface area contributed by atoms with E-state index in [4.69, 9.17) is 4.74 Å². The van der Waals surface area contributed by atoms with Crippen molar-refractivity contribution in [3.63, 3.8) is 0 Å². The van der Waals surface area contributed by atoms with Crippen LogP contribution in [0.3, 0.4) is 0 Å². The molecular formula is C18H28ClNO3. The molecule has 0 bridgehead atoms. The van der Waals surface area contributed by atoms with E-state index in [0.29, 0.717) is 6.42 Å². The number of amides is 1. The van der Waals surface area contributed by atoms with Crippen LogP contribution in [-0.2, 0) is 26.3 Å². The maximum atomic E-state index is 11.8. The standard InChI is InChI=1S/C18H27NO3.ClH/c1-6-7-16(20)19-13(2)17(21)22-12-14-8-10-15(11-9-14)18(3,4)5;/h8-11,13H,6-7,12H2,1-5H3,(H,19,20);1H/t13-;/m0./s1. The number of hydrogen-bond donors (Lipinski definition) is 1. The van der Waals surface area contributed by atoms with Crippen LogP contribution in [0.4, 0.5) is 0 Å². The summed E-state index contributed by atoms with van der Waals surface area (Å²) >= 11 is 0. The lowest BCUT2D eigenvalue weighted by atomic mass is 9.87. The predicted octanol–water partition coefficient (Wildman–Crippen LogP) is 3.75. The summed E-state index contributed by atoms with van der Waals surface area (Å²) in [5.74, 6) is -0.536. The fourth-order valence-electron chi connectivity index (χ4n) is 1.98. The Morgan fingerprint density at radius 2 is 1.74 bits per heavy atom. The van der Waals surface area contributed by atoms with Gasteiger partial charge in [-0.1, -0.05) is 52.0 Å². The number of carbonyl (C=O) groups excluding carboxylic acids is 2. The number of carbonyl (C=O) groups is 2. The lowest BCUT2D eigenvalue weighted by Crippen LogP contribution is -2.39. The molecule has 23 heavy (non-hydrogen) atoms. The summed E-state index contributed by atoms with van der Waals surface area (Å²) in [6.07, 6.45) is 1.18. The quantitative estimate of drug-likeness (QED) is 0.801. The molecule has 130 valence electrons. The minimum absolute atomic E-state index is 0. The second-order valence-corrected chi connectivity index (χ2v) is 6.59. The average molecular weight is 342 g/mol. The maximum absolute atomic E-state index is 11.8. The first-order valence-electron chi connectivity index (χ1n) is 7.79. The number of halogens is 1. The van der Waals surface area contributed by atoms with E-state index in [1.54, 1.807) is 6.92 Å². The molecule has 1 amide bonds. The predicted molar refractivity (Wildman–Crippen MR) is 94.7 cm³/mol. The van der Waals surface area contributed by atoms with Crippen molar-refractivity contribution in [2.24, 2.45) is 0 Å². The molecule has 1 N–H and O–H groups in total. The van der Waals surface area contributed by atoms with Crippen LogP contribution in [0.25, 0.3) is 0 Å². The zero-order chi connectivity index (χ0) is 16.8. The van der Waals surface area contributed by atoms with Gasteiger partial charge in [0.15, 0.2) is 0 Å². The number of benzene rings is 1. The molecule has 0 fully saturated rings. The van der Waals surface area contributed by atoms with Crippen LogP contribution in [0.2, 0.25) is 0 Å². The third-order valence-electron chi connectivity index (χ3n) is 3.41. The van der Waals surface area contributed by atoms with Crippen LogP contribution >= 0.6 is 12.4 Å². The summed E-state index contributed by atoms with van der Waals surface area (Å²) in [6, 6.07) is 7.42. The minimum Gasteiger partial charge on any atom is -0.459 e. The van der Waals surface area contributed by atoms with Gasteiger partial charge in [0, 0.05) is 6.42 Å². The van der Waals surface area contributed by atoms with Crippen LogP contribution in [-0.4, -0.2) is 17.9 Å². The van der Waals surface area contributed by atoms with E-state index in [-0.39, 0.29) is 30.3 Å². The first kappa shape index (κ1) is 21.4. The van der Waals surface area contributed by atoms with Gasteiger partial charge in [0.25, 0.3) is 0 Å². The van der Waals surface area contributed by atoms with Crippen molar-refractivity contribution < 1.29 is 14.3 Å². The highest BCUT2D eigenvalue weighted by molar-refractivity contribution is 5.85. The van der Waals surface area contributed by atoms with Gasteiger partial charge in [0.2, 0.25) is 5.91 Å². The van der Waals surface area contributed by atoms with Crippen molar-refractivity contribution in [2.45, 2.75) is 65.5 Å². The van der Waals surface area contributed by atoms with Gasteiger partial charge in [-0.05, 0) is 29.9 Å². The molecule has 1 rings (SSSR count). The van der Waals surface area contributed by atoms with E-state index >= 15 is 0 Å². The van der Waals surface area contributed by atoms with Crippen molar-refractivity contribution in [1.29, 1.82) is 0 Å². The summed E-state index contributed by atoms with van der Waals surface area (Å²) < 4.78 is 5.24. The van der Waals surface area contributed by atoms with Crippen LogP contribution in [0.15, 0.2) is 24.3 Å². The Morgan fingerprint density at radius 3 is 2.22 bits per heavy atom. The first-order chi connectivity index (χ1) is 10.2. The van der Waals surface area contributed by atoms with Crippen LogP contribution in [0.1, 0.15) is 58.6 Å². The molecule has 0 unspecified atom stereocenters. The van der Waals surface area contributed by atoms with Gasteiger partial charge >= 0.3 is 5.97 Å². The molecule has 1 aromatic rings. The molecule has 5 heteroatoms. The number of esters is 1. The molecular weight excluding hydrogens is 314 g/mol. The molecule has 0 aromatic heterocycles. The normalized spacial score (nSPS) is 12.0. The lowest BCUT2D eigenvalue weighted by molar-refractivity contribution is -0.148. The molecule has 0 aliphatic rings. The Bertz CT molecular complexity index is 506. The van der Waals surface area contributed by atoms with E-state index in [9.17, 15) is 9.59 Å². The van der Waals surface area contributed by atoms with E-state index in [0.717, 1.165) is 12.0 Å². The van der Waals surface area contributed by atoms with Gasteiger partial charge in [-0.25, -0.2) is 4.79 Å². The fourth-order valence-corrected chi connectivity index (χ4v) is 1.98. The molecule has 0 saturated heterocycles. The van der Waals surface area contributed by atoms with E-state index in [2.05, 4.69) is 38.2 Å². The average Bonchev–Trinajstić information content (AvgIpc) is 2.44. The van der Waals surface area contributed by atoms with Gasteiger partial charge in [0.1, 0.15) is 12.6 Å². The molecule has 0 heterocycles. The Balaban J connectivity index is 0.00000484. The summed E-state index contributed by atoms with van der Waals surface area (Å²) in [4.78, 5) is 23.3. The minimum atomic E-state index is -0.618. The highest BCUT2D eigenvalue weighted by Crippen LogP contribution is 2.22. The van der Waals surface area contributed by atoms with Gasteiger partial charge < -0.3 is 10.1 Å². The fraction of sp³-hybridized carbons (Fsp3) is 0.556. The Hall–Kier alpha value is -1.55. The Kier molecular flexibility index (Phi) is 8.91. The highest BCUT2D eigenvalue weighted by Gasteiger charge is 2.17. The molecule has 1 atom stereocenters. The number of nitrogens with one attached hydrogen (secondary N) is 1. The Morgan fingerprint density at radius 1 is 1.17 bits per heavy atom. The molecule has 0 aliphatic heterocycles. The molecule has 4 nitrogen and oxygen atoms in total. The van der Waals surface area contributed by atoms with Crippen molar-refractivity contribution in [3.05, 3.63) is 35.4 Å². The zero-order valence-electron chi connectivity index (χ0n) is 14.6. The third kappa shape index (κ3) is 7.51. The second kappa shape index (κ2) is 9.56. The molecule has 0 radical (unpaired) electrons. The van der Waals surface area contributed by atoms with Crippen molar-refractivity contribution in [1.82, 2.24) is 5.32 Å². The van der Waals surface area contributed by atoms with Gasteiger partial charge in [-0.3, -0.25) is 4.79 Å². The van der Waals surface area contributed by atoms with Gasteiger partial charge in [-0.15, -0.1) is 12.4 Å². The highest BCUT2D eigenvalue weighted by atomic mass is 35.5. The number of rotatable bonds is 6. The van der Waals surface area contributed by atoms with Gasteiger partial charge in [-0.2, -0.15) is 0 Å². The number of ether oxygens (including phenoxy) is 1. The molecule has 1 aromatic carbocycles. The molecule has 0 saturated carbocycles. The summed E-state index contributed by atoms with van der Waals surface area (Å²) in [6.45, 7) is 10.2. The first-order valence-corrected chi connectivity index (χ1v) is 7.79. The smallest absolute Gasteiger partial charge is 0.328 e. The maximum Gasteiger partial charge on any atom is 0.328 e. The Labute approximate surface area is 145 Å². The SMILES string of the molecule is CCCC(=O)N[C@@H](C)C(=O)OCc1ccc(C(C)(C)C)cc1.Cl. The van der Waals surface area contributed by atoms with Crippen LogP contribution in [0.5, 0.6) is 0 Å². The topological polar surface area (TPSA) is 55.4 Å². The van der Waals surface area contributed by atoms with Crippen LogP contribution in [0, 0.1) is 0 Å². The van der Waals surface area contributed by atoms with Crippen molar-refractivity contribution in [2.75, 3.05) is 0 Å². The third-order valence-corrected chi connectivity index (χ3v) is 3.41. The monoisotopic (exact) mass is 341 g/mol. The van der Waals surface area contributed by atoms with Crippen molar-refractivity contribution >= 4 is 24.3 Å². The van der Waals surface area contributed by atoms with E-state index in [1.165, 1.54) is 5.56 Å². The van der Waals surface area contributed by atoms with E-state index in [1.807, 2.05) is 19.1 Å². The summed E-state index contributed by atoms with van der Waals surface area (Å²) in [5.41, 5.74) is 2.28. The van der Waals surface area contributed by atoms with E-state index < -0.39 is 12.0 Å². The molecule has 0 aliphatic carbocycles. The van der Waals surface area contributed by atoms with Crippen LogP contribution < -0.4 is 5.32 Å². The lowest BCUT2D eigenvalue weighted by Gasteiger charge is -2.19.